The molecule has 1 aliphatic carbocycles. The van der Waals surface area contributed by atoms with Gasteiger partial charge in [0.25, 0.3) is 0 Å². The molecule has 1 atom stereocenters. The molecular formula is C16H14BrNO. The third kappa shape index (κ3) is 1.89. The zero-order valence-corrected chi connectivity index (χ0v) is 12.0. The fraction of sp³-hybridized carbons (Fsp3) is 0.188. The Kier molecular flexibility index (Phi) is 2.94. The van der Waals surface area contributed by atoms with Crippen molar-refractivity contribution in [1.29, 1.82) is 0 Å². The number of rotatable bonds is 2. The van der Waals surface area contributed by atoms with E-state index in [2.05, 4.69) is 40.0 Å². The lowest BCUT2D eigenvalue weighted by Gasteiger charge is -2.21. The van der Waals surface area contributed by atoms with Crippen molar-refractivity contribution in [3.05, 3.63) is 64.7 Å². The van der Waals surface area contributed by atoms with Crippen LogP contribution in [0.2, 0.25) is 0 Å². The molecular weight excluding hydrogens is 302 g/mol. The standard InChI is InChI=1S/C16H14BrNO/c1-2-12(17)9-11-7-8-16(10-11)13-5-3-4-6-14(13)18-15(16)19/h2-7,9H,1,8,10H2,(H,18,19)/b12-9+. The minimum Gasteiger partial charge on any atom is -0.325 e. The molecule has 1 aliphatic heterocycles. The van der Waals surface area contributed by atoms with E-state index < -0.39 is 5.41 Å². The maximum absolute atomic E-state index is 12.4. The second-order valence-corrected chi connectivity index (χ2v) is 5.89. The molecule has 3 rings (SSSR count). The zero-order valence-electron chi connectivity index (χ0n) is 10.4. The Balaban J connectivity index is 1.96. The summed E-state index contributed by atoms with van der Waals surface area (Å²) in [5, 5.41) is 2.99. The number of nitrogens with one attached hydrogen (secondary N) is 1. The highest BCUT2D eigenvalue weighted by Crippen LogP contribution is 2.48. The molecule has 1 spiro atoms. The van der Waals surface area contributed by atoms with E-state index in [1.807, 2.05) is 24.3 Å². The fourth-order valence-electron chi connectivity index (χ4n) is 2.90. The van der Waals surface area contributed by atoms with Crippen molar-refractivity contribution in [3.8, 4) is 0 Å². The lowest BCUT2D eigenvalue weighted by molar-refractivity contribution is -0.120. The Bertz CT molecular complexity index is 629. The van der Waals surface area contributed by atoms with Gasteiger partial charge in [-0.05, 0) is 36.1 Å². The predicted molar refractivity (Wildman–Crippen MR) is 81.3 cm³/mol. The van der Waals surface area contributed by atoms with Crippen molar-refractivity contribution < 1.29 is 4.79 Å². The van der Waals surface area contributed by atoms with Gasteiger partial charge in [0.1, 0.15) is 0 Å². The van der Waals surface area contributed by atoms with E-state index in [0.29, 0.717) is 0 Å². The number of carbonyl (C=O) groups excluding carboxylic acids is 1. The number of halogens is 1. The Morgan fingerprint density at radius 2 is 2.21 bits per heavy atom. The quantitative estimate of drug-likeness (QED) is 0.819. The topological polar surface area (TPSA) is 29.1 Å². The number of allylic oxidation sites excluding steroid dienone is 5. The number of para-hydroxylation sites is 1. The van der Waals surface area contributed by atoms with Crippen LogP contribution in [0.4, 0.5) is 5.69 Å². The van der Waals surface area contributed by atoms with Crippen LogP contribution in [0, 0.1) is 0 Å². The SMILES string of the molecule is C=C/C(Br)=C\C1=CCC2(C1)C(=O)Nc1ccccc12. The van der Waals surface area contributed by atoms with Crippen molar-refractivity contribution in [2.24, 2.45) is 0 Å². The van der Waals surface area contributed by atoms with Gasteiger partial charge >= 0.3 is 0 Å². The molecule has 1 amide bonds. The smallest absolute Gasteiger partial charge is 0.235 e. The molecule has 1 aromatic rings. The lowest BCUT2D eigenvalue weighted by Crippen LogP contribution is -2.31. The Labute approximate surface area is 121 Å². The molecule has 0 saturated heterocycles. The van der Waals surface area contributed by atoms with Gasteiger partial charge in [-0.1, -0.05) is 52.9 Å². The largest absolute Gasteiger partial charge is 0.325 e. The van der Waals surface area contributed by atoms with Crippen LogP contribution in [-0.2, 0) is 10.2 Å². The van der Waals surface area contributed by atoms with Gasteiger partial charge in [0.15, 0.2) is 0 Å². The first-order valence-corrected chi connectivity index (χ1v) is 7.05. The molecule has 1 heterocycles. The highest BCUT2D eigenvalue weighted by atomic mass is 79.9. The van der Waals surface area contributed by atoms with Crippen molar-refractivity contribution >= 4 is 27.5 Å². The van der Waals surface area contributed by atoms with E-state index in [9.17, 15) is 4.79 Å². The van der Waals surface area contributed by atoms with E-state index in [0.717, 1.165) is 28.6 Å². The van der Waals surface area contributed by atoms with Crippen molar-refractivity contribution in [3.63, 3.8) is 0 Å². The summed E-state index contributed by atoms with van der Waals surface area (Å²) in [7, 11) is 0. The Hall–Kier alpha value is -1.61. The maximum Gasteiger partial charge on any atom is 0.235 e. The molecule has 1 aromatic carbocycles. The highest BCUT2D eigenvalue weighted by Gasteiger charge is 2.48. The fourth-order valence-corrected chi connectivity index (χ4v) is 3.19. The lowest BCUT2D eigenvalue weighted by atomic mass is 9.78. The Morgan fingerprint density at radius 1 is 1.42 bits per heavy atom. The number of hydrogen-bond donors (Lipinski definition) is 1. The summed E-state index contributed by atoms with van der Waals surface area (Å²) < 4.78 is 0.947. The Morgan fingerprint density at radius 3 is 3.00 bits per heavy atom. The van der Waals surface area contributed by atoms with Gasteiger partial charge in [0.2, 0.25) is 5.91 Å². The summed E-state index contributed by atoms with van der Waals surface area (Å²) in [5.74, 6) is 0.114. The van der Waals surface area contributed by atoms with Gasteiger partial charge in [-0.3, -0.25) is 4.79 Å². The first-order valence-electron chi connectivity index (χ1n) is 6.25. The first-order chi connectivity index (χ1) is 9.15. The minimum absolute atomic E-state index is 0.114. The van der Waals surface area contributed by atoms with Crippen LogP contribution in [0.1, 0.15) is 18.4 Å². The summed E-state index contributed by atoms with van der Waals surface area (Å²) in [5.41, 5.74) is 2.85. The van der Waals surface area contributed by atoms with Gasteiger partial charge in [0, 0.05) is 10.2 Å². The maximum atomic E-state index is 12.4. The molecule has 3 heteroatoms. The van der Waals surface area contributed by atoms with Crippen molar-refractivity contribution in [2.45, 2.75) is 18.3 Å². The van der Waals surface area contributed by atoms with Crippen LogP contribution in [0.25, 0.3) is 0 Å². The molecule has 2 aliphatic rings. The number of hydrogen-bond acceptors (Lipinski definition) is 1. The van der Waals surface area contributed by atoms with Gasteiger partial charge in [0.05, 0.1) is 5.41 Å². The van der Waals surface area contributed by atoms with Crippen molar-refractivity contribution in [1.82, 2.24) is 0 Å². The minimum atomic E-state index is -0.406. The van der Waals surface area contributed by atoms with Crippen LogP contribution < -0.4 is 5.32 Å². The average molecular weight is 316 g/mol. The second kappa shape index (κ2) is 4.49. The average Bonchev–Trinajstić information content (AvgIpc) is 2.95. The molecule has 1 unspecified atom stereocenters. The number of fused-ring (bicyclic) bond motifs is 2. The predicted octanol–water partition coefficient (Wildman–Crippen LogP) is 4.06. The van der Waals surface area contributed by atoms with Gasteiger partial charge in [-0.2, -0.15) is 0 Å². The molecule has 1 N–H and O–H groups in total. The second-order valence-electron chi connectivity index (χ2n) is 4.98. The van der Waals surface area contributed by atoms with E-state index in [1.54, 1.807) is 6.08 Å². The van der Waals surface area contributed by atoms with Crippen LogP contribution in [0.15, 0.2) is 59.1 Å². The highest BCUT2D eigenvalue weighted by molar-refractivity contribution is 9.11. The summed E-state index contributed by atoms with van der Waals surface area (Å²) in [6, 6.07) is 7.97. The molecule has 96 valence electrons. The van der Waals surface area contributed by atoms with Gasteiger partial charge in [-0.15, -0.1) is 0 Å². The van der Waals surface area contributed by atoms with Crippen LogP contribution in [0.5, 0.6) is 0 Å². The summed E-state index contributed by atoms with van der Waals surface area (Å²) in [6.45, 7) is 3.72. The van der Waals surface area contributed by atoms with Crippen LogP contribution in [-0.4, -0.2) is 5.91 Å². The summed E-state index contributed by atoms with van der Waals surface area (Å²) in [4.78, 5) is 12.4. The third-order valence-corrected chi connectivity index (χ3v) is 4.42. The first kappa shape index (κ1) is 12.4. The number of benzene rings is 1. The third-order valence-electron chi connectivity index (χ3n) is 3.86. The van der Waals surface area contributed by atoms with Crippen molar-refractivity contribution in [2.75, 3.05) is 5.32 Å². The van der Waals surface area contributed by atoms with Gasteiger partial charge < -0.3 is 5.32 Å². The molecule has 0 fully saturated rings. The summed E-state index contributed by atoms with van der Waals surface area (Å²) in [6.07, 6.45) is 7.45. The zero-order chi connectivity index (χ0) is 13.5. The van der Waals surface area contributed by atoms with E-state index in [1.165, 1.54) is 5.57 Å². The van der Waals surface area contributed by atoms with Crippen LogP contribution in [0.3, 0.4) is 0 Å². The normalized spacial score (nSPS) is 25.2. The molecule has 0 saturated carbocycles. The molecule has 2 nitrogen and oxygen atoms in total. The monoisotopic (exact) mass is 315 g/mol. The molecule has 19 heavy (non-hydrogen) atoms. The van der Waals surface area contributed by atoms with E-state index in [-0.39, 0.29) is 5.91 Å². The molecule has 0 radical (unpaired) electrons. The molecule has 0 aromatic heterocycles. The summed E-state index contributed by atoms with van der Waals surface area (Å²) >= 11 is 3.43. The van der Waals surface area contributed by atoms with Gasteiger partial charge in [-0.25, -0.2) is 0 Å². The van der Waals surface area contributed by atoms with Crippen LogP contribution >= 0.6 is 15.9 Å². The number of amides is 1. The van der Waals surface area contributed by atoms with E-state index in [4.69, 9.17) is 0 Å². The molecule has 0 bridgehead atoms. The van der Waals surface area contributed by atoms with E-state index >= 15 is 0 Å². The number of carbonyl (C=O) groups is 1. The number of anilines is 1.